The molecule has 1 aliphatic carbocycles. The summed E-state index contributed by atoms with van der Waals surface area (Å²) in [6.45, 7) is 4.09. The van der Waals surface area contributed by atoms with Gasteiger partial charge in [0.25, 0.3) is 0 Å². The van der Waals surface area contributed by atoms with Crippen molar-refractivity contribution in [3.63, 3.8) is 0 Å². The Bertz CT molecular complexity index is 698. The molecule has 1 saturated heterocycles. The molecule has 1 saturated carbocycles. The number of furan rings is 1. The van der Waals surface area contributed by atoms with Gasteiger partial charge in [0.05, 0.1) is 6.26 Å². The van der Waals surface area contributed by atoms with Gasteiger partial charge in [-0.25, -0.2) is 0 Å². The van der Waals surface area contributed by atoms with Crippen molar-refractivity contribution in [1.82, 2.24) is 9.80 Å². The van der Waals surface area contributed by atoms with Gasteiger partial charge in [0, 0.05) is 38.5 Å². The van der Waals surface area contributed by atoms with Crippen LogP contribution in [0.2, 0.25) is 0 Å². The highest BCUT2D eigenvalue weighted by molar-refractivity contribution is 5.82. The average Bonchev–Trinajstić information content (AvgIpc) is 3.02. The van der Waals surface area contributed by atoms with Crippen LogP contribution < -0.4 is 0 Å². The SMILES string of the molecule is CN(C[C@@H]1CCN(Cc2ccccc2)C1)C(=O)[C@H]1C[C@@H]1c1ccco1. The first kappa shape index (κ1) is 16.4. The van der Waals surface area contributed by atoms with Crippen LogP contribution in [-0.4, -0.2) is 42.4 Å². The fraction of sp³-hybridized carbons (Fsp3) is 0.476. The zero-order chi connectivity index (χ0) is 17.2. The third kappa shape index (κ3) is 3.79. The number of likely N-dealkylation sites (tertiary alicyclic amines) is 1. The number of amides is 1. The van der Waals surface area contributed by atoms with E-state index in [1.54, 1.807) is 6.26 Å². The van der Waals surface area contributed by atoms with Gasteiger partial charge in [-0.1, -0.05) is 30.3 Å². The van der Waals surface area contributed by atoms with Crippen molar-refractivity contribution in [2.45, 2.75) is 25.3 Å². The molecule has 1 aromatic carbocycles. The smallest absolute Gasteiger partial charge is 0.226 e. The lowest BCUT2D eigenvalue weighted by Gasteiger charge is -2.22. The average molecular weight is 338 g/mol. The van der Waals surface area contributed by atoms with E-state index in [1.165, 1.54) is 12.0 Å². The molecule has 1 amide bonds. The number of hydrogen-bond acceptors (Lipinski definition) is 3. The molecule has 0 spiro atoms. The van der Waals surface area contributed by atoms with Crippen LogP contribution in [0.1, 0.15) is 30.1 Å². The van der Waals surface area contributed by atoms with Crippen molar-refractivity contribution in [2.24, 2.45) is 11.8 Å². The molecule has 2 fully saturated rings. The Morgan fingerprint density at radius 3 is 2.84 bits per heavy atom. The lowest BCUT2D eigenvalue weighted by atomic mass is 10.1. The lowest BCUT2D eigenvalue weighted by molar-refractivity contribution is -0.131. The van der Waals surface area contributed by atoms with Gasteiger partial charge in [0.1, 0.15) is 5.76 Å². The largest absolute Gasteiger partial charge is 0.469 e. The zero-order valence-corrected chi connectivity index (χ0v) is 14.8. The van der Waals surface area contributed by atoms with Gasteiger partial charge < -0.3 is 9.32 Å². The van der Waals surface area contributed by atoms with E-state index in [-0.39, 0.29) is 11.8 Å². The molecule has 1 aromatic heterocycles. The predicted molar refractivity (Wildman–Crippen MR) is 97.0 cm³/mol. The minimum atomic E-state index is 0.123. The van der Waals surface area contributed by atoms with Crippen molar-refractivity contribution < 1.29 is 9.21 Å². The summed E-state index contributed by atoms with van der Waals surface area (Å²) in [5.41, 5.74) is 1.37. The fourth-order valence-electron chi connectivity index (χ4n) is 4.09. The van der Waals surface area contributed by atoms with Gasteiger partial charge in [-0.05, 0) is 43.0 Å². The molecule has 4 heteroatoms. The minimum absolute atomic E-state index is 0.123. The highest BCUT2D eigenvalue weighted by Gasteiger charge is 2.47. The third-order valence-corrected chi connectivity index (χ3v) is 5.54. The number of carbonyl (C=O) groups excluding carboxylic acids is 1. The monoisotopic (exact) mass is 338 g/mol. The van der Waals surface area contributed by atoms with Crippen LogP contribution in [0.4, 0.5) is 0 Å². The van der Waals surface area contributed by atoms with Gasteiger partial charge in [-0.2, -0.15) is 0 Å². The Kier molecular flexibility index (Phi) is 4.62. The standard InChI is InChI=1S/C21H26N2O2/c1-22(21(24)19-12-18(19)20-8-5-11-25-20)13-17-9-10-23(15-17)14-16-6-3-2-4-7-16/h2-8,11,17-19H,9-10,12-15H2,1H3/t17-,18-,19-/m0/s1. The summed E-state index contributed by atoms with van der Waals surface area (Å²) in [5, 5.41) is 0. The Morgan fingerprint density at radius 1 is 1.24 bits per heavy atom. The second-order valence-corrected chi connectivity index (χ2v) is 7.56. The van der Waals surface area contributed by atoms with Gasteiger partial charge in [-0.15, -0.1) is 0 Å². The number of rotatable bonds is 6. The molecule has 0 unspecified atom stereocenters. The van der Waals surface area contributed by atoms with Crippen LogP contribution in [-0.2, 0) is 11.3 Å². The Morgan fingerprint density at radius 2 is 2.08 bits per heavy atom. The number of benzene rings is 1. The molecule has 1 aliphatic heterocycles. The molecule has 0 radical (unpaired) electrons. The topological polar surface area (TPSA) is 36.7 Å². The van der Waals surface area contributed by atoms with Gasteiger partial charge in [0.2, 0.25) is 5.91 Å². The quantitative estimate of drug-likeness (QED) is 0.810. The van der Waals surface area contributed by atoms with Crippen molar-refractivity contribution in [3.05, 3.63) is 60.1 Å². The van der Waals surface area contributed by atoms with Crippen molar-refractivity contribution >= 4 is 5.91 Å². The predicted octanol–water partition coefficient (Wildman–Crippen LogP) is 3.36. The first-order valence-corrected chi connectivity index (χ1v) is 9.25. The van der Waals surface area contributed by atoms with Gasteiger partial charge in [0.15, 0.2) is 0 Å². The molecule has 2 aromatic rings. The van der Waals surface area contributed by atoms with E-state index in [0.29, 0.717) is 11.8 Å². The first-order chi connectivity index (χ1) is 12.2. The van der Waals surface area contributed by atoms with Crippen molar-refractivity contribution in [1.29, 1.82) is 0 Å². The van der Waals surface area contributed by atoms with E-state index in [9.17, 15) is 4.79 Å². The molecule has 0 N–H and O–H groups in total. The molecule has 0 bridgehead atoms. The highest BCUT2D eigenvalue weighted by Crippen LogP contribution is 2.48. The Labute approximate surface area is 149 Å². The third-order valence-electron chi connectivity index (χ3n) is 5.54. The molecule has 4 nitrogen and oxygen atoms in total. The fourth-order valence-corrected chi connectivity index (χ4v) is 4.09. The van der Waals surface area contributed by atoms with E-state index in [4.69, 9.17) is 4.42 Å². The van der Waals surface area contributed by atoms with E-state index in [2.05, 4.69) is 35.2 Å². The van der Waals surface area contributed by atoms with E-state index < -0.39 is 0 Å². The molecule has 3 atom stereocenters. The summed E-state index contributed by atoms with van der Waals surface area (Å²) < 4.78 is 5.44. The van der Waals surface area contributed by atoms with E-state index in [1.807, 2.05) is 24.1 Å². The number of nitrogens with zero attached hydrogens (tertiary/aromatic N) is 2. The lowest BCUT2D eigenvalue weighted by Crippen LogP contribution is -2.34. The van der Waals surface area contributed by atoms with Crippen LogP contribution >= 0.6 is 0 Å². The minimum Gasteiger partial charge on any atom is -0.469 e. The summed E-state index contributed by atoms with van der Waals surface area (Å²) >= 11 is 0. The zero-order valence-electron chi connectivity index (χ0n) is 14.8. The molecule has 132 valence electrons. The summed E-state index contributed by atoms with van der Waals surface area (Å²) in [6, 6.07) is 14.5. The molecular weight excluding hydrogens is 312 g/mol. The maximum absolute atomic E-state index is 12.6. The molecular formula is C21H26N2O2. The van der Waals surface area contributed by atoms with Crippen LogP contribution in [0.5, 0.6) is 0 Å². The second kappa shape index (κ2) is 7.04. The Hall–Kier alpha value is -2.07. The first-order valence-electron chi connectivity index (χ1n) is 9.25. The molecule has 2 heterocycles. The van der Waals surface area contributed by atoms with Crippen molar-refractivity contribution in [2.75, 3.05) is 26.7 Å². The van der Waals surface area contributed by atoms with Crippen LogP contribution in [0.15, 0.2) is 53.1 Å². The summed E-state index contributed by atoms with van der Waals surface area (Å²) in [6.07, 6.45) is 3.80. The number of hydrogen-bond donors (Lipinski definition) is 0. The van der Waals surface area contributed by atoms with E-state index >= 15 is 0 Å². The van der Waals surface area contributed by atoms with Crippen molar-refractivity contribution in [3.8, 4) is 0 Å². The summed E-state index contributed by atoms with van der Waals surface area (Å²) in [5.74, 6) is 2.24. The second-order valence-electron chi connectivity index (χ2n) is 7.56. The summed E-state index contributed by atoms with van der Waals surface area (Å²) in [7, 11) is 1.96. The molecule has 2 aliphatic rings. The maximum atomic E-state index is 12.6. The Balaban J connectivity index is 1.25. The summed E-state index contributed by atoms with van der Waals surface area (Å²) in [4.78, 5) is 17.1. The molecule has 4 rings (SSSR count). The number of carbonyl (C=O) groups is 1. The van der Waals surface area contributed by atoms with Crippen LogP contribution in [0.3, 0.4) is 0 Å². The van der Waals surface area contributed by atoms with Crippen LogP contribution in [0.25, 0.3) is 0 Å². The maximum Gasteiger partial charge on any atom is 0.226 e. The van der Waals surface area contributed by atoms with Gasteiger partial charge >= 0.3 is 0 Å². The highest BCUT2D eigenvalue weighted by atomic mass is 16.3. The van der Waals surface area contributed by atoms with Crippen LogP contribution in [0, 0.1) is 11.8 Å². The normalized spacial score (nSPS) is 25.9. The van der Waals surface area contributed by atoms with Gasteiger partial charge in [-0.3, -0.25) is 9.69 Å². The molecule has 25 heavy (non-hydrogen) atoms. The van der Waals surface area contributed by atoms with E-state index in [0.717, 1.165) is 38.4 Å².